The number of hydrogen-bond acceptors (Lipinski definition) is 3. The smallest absolute Gasteiger partial charge is 0.336 e. The molecule has 6 heteroatoms. The summed E-state index contributed by atoms with van der Waals surface area (Å²) in [5.41, 5.74) is 3.81. The molecule has 0 amide bonds. The first kappa shape index (κ1) is 13.5. The Morgan fingerprint density at radius 2 is 1.65 bits per heavy atom. The van der Waals surface area contributed by atoms with Crippen molar-refractivity contribution in [2.24, 2.45) is 0 Å². The molecule has 1 N–H and O–H groups in total. The van der Waals surface area contributed by atoms with Crippen LogP contribution in [0.15, 0.2) is 55.4 Å². The predicted octanol–water partition coefficient (Wildman–Crippen LogP) is 1.52. The van der Waals surface area contributed by atoms with Crippen molar-refractivity contribution in [3.8, 4) is 11.8 Å². The second kappa shape index (κ2) is 5.24. The molecule has 4 heterocycles. The summed E-state index contributed by atoms with van der Waals surface area (Å²) in [6.45, 7) is 4.14. The van der Waals surface area contributed by atoms with Crippen LogP contribution in [0.2, 0.25) is 0 Å². The standard InChI is InChI=1S/C17H16N6/c1-12-8-13(2)10-23(9-12)16-14-15(19-11-18-14)20-17(21-16)22-6-4-3-5-7-22/h3-11H,1-2H3,(H,18,19,20,21)/q+2. The lowest BCUT2D eigenvalue weighted by atomic mass is 10.2. The molecule has 112 valence electrons. The number of H-pyrrole nitrogens is 1. The predicted molar refractivity (Wildman–Crippen MR) is 84.2 cm³/mol. The quantitative estimate of drug-likeness (QED) is 0.571. The Kier molecular flexibility index (Phi) is 3.08. The van der Waals surface area contributed by atoms with Crippen molar-refractivity contribution in [3.63, 3.8) is 0 Å². The molecule has 0 atom stereocenters. The van der Waals surface area contributed by atoms with E-state index < -0.39 is 0 Å². The van der Waals surface area contributed by atoms with Crippen molar-refractivity contribution in [2.75, 3.05) is 0 Å². The minimum Gasteiger partial charge on any atom is -0.336 e. The number of aromatic amines is 1. The Hall–Kier alpha value is -3.15. The molecular formula is C17H16N6+2. The van der Waals surface area contributed by atoms with Crippen LogP contribution >= 0.6 is 0 Å². The average Bonchev–Trinajstić information content (AvgIpc) is 3.02. The van der Waals surface area contributed by atoms with Crippen molar-refractivity contribution < 1.29 is 9.13 Å². The first-order valence-corrected chi connectivity index (χ1v) is 7.38. The normalized spacial score (nSPS) is 11.0. The van der Waals surface area contributed by atoms with Gasteiger partial charge in [-0.1, -0.05) is 6.07 Å². The van der Waals surface area contributed by atoms with Crippen LogP contribution in [0.1, 0.15) is 11.1 Å². The van der Waals surface area contributed by atoms with E-state index in [1.807, 2.05) is 39.7 Å². The van der Waals surface area contributed by atoms with E-state index in [2.05, 4.69) is 47.3 Å². The molecule has 4 aromatic rings. The zero-order valence-electron chi connectivity index (χ0n) is 12.9. The SMILES string of the molecule is Cc1cc(C)c[n+](-c2nc(-[n+]3ccccc3)nc3nc[nH]c23)c1. The van der Waals surface area contributed by atoms with Gasteiger partial charge >= 0.3 is 11.8 Å². The number of pyridine rings is 2. The summed E-state index contributed by atoms with van der Waals surface area (Å²) in [4.78, 5) is 16.7. The van der Waals surface area contributed by atoms with Crippen LogP contribution < -0.4 is 9.13 Å². The molecule has 4 rings (SSSR count). The van der Waals surface area contributed by atoms with Crippen molar-refractivity contribution in [1.29, 1.82) is 0 Å². The molecule has 0 saturated heterocycles. The highest BCUT2D eigenvalue weighted by molar-refractivity contribution is 5.75. The van der Waals surface area contributed by atoms with Gasteiger partial charge in [-0.05, 0) is 53.1 Å². The van der Waals surface area contributed by atoms with Gasteiger partial charge in [0.25, 0.3) is 5.65 Å². The highest BCUT2D eigenvalue weighted by atomic mass is 15.2. The minimum absolute atomic E-state index is 0.590. The third-order valence-electron chi connectivity index (χ3n) is 3.59. The second-order valence-electron chi connectivity index (χ2n) is 5.53. The van der Waals surface area contributed by atoms with Crippen LogP contribution in [0.25, 0.3) is 22.9 Å². The van der Waals surface area contributed by atoms with Gasteiger partial charge in [0.05, 0.1) is 31.1 Å². The van der Waals surface area contributed by atoms with Crippen LogP contribution in [0.5, 0.6) is 0 Å². The molecule has 0 aliphatic rings. The molecule has 4 aromatic heterocycles. The Balaban J connectivity index is 2.00. The molecule has 0 aliphatic carbocycles. The van der Waals surface area contributed by atoms with Crippen LogP contribution in [0.3, 0.4) is 0 Å². The summed E-state index contributed by atoms with van der Waals surface area (Å²) in [5.74, 6) is 1.37. The second-order valence-corrected chi connectivity index (χ2v) is 5.53. The monoisotopic (exact) mass is 304 g/mol. The first-order chi connectivity index (χ1) is 11.2. The van der Waals surface area contributed by atoms with E-state index in [4.69, 9.17) is 4.98 Å². The number of hydrogen-bond donors (Lipinski definition) is 1. The number of rotatable bonds is 2. The molecule has 0 aliphatic heterocycles. The van der Waals surface area contributed by atoms with E-state index in [9.17, 15) is 0 Å². The highest BCUT2D eigenvalue weighted by Crippen LogP contribution is 2.12. The maximum absolute atomic E-state index is 4.74. The molecule has 0 radical (unpaired) electrons. The number of aromatic nitrogens is 6. The third kappa shape index (κ3) is 2.44. The van der Waals surface area contributed by atoms with E-state index in [0.717, 1.165) is 11.3 Å². The summed E-state index contributed by atoms with van der Waals surface area (Å²) >= 11 is 0. The summed E-state index contributed by atoms with van der Waals surface area (Å²) in [7, 11) is 0. The molecule has 0 saturated carbocycles. The molecule has 0 fully saturated rings. The van der Waals surface area contributed by atoms with Crippen molar-refractivity contribution in [3.05, 3.63) is 66.5 Å². The van der Waals surface area contributed by atoms with Crippen molar-refractivity contribution in [1.82, 2.24) is 19.9 Å². The Morgan fingerprint density at radius 1 is 0.913 bits per heavy atom. The summed E-state index contributed by atoms with van der Waals surface area (Å²) in [6.07, 6.45) is 9.59. The fourth-order valence-electron chi connectivity index (χ4n) is 2.67. The zero-order chi connectivity index (χ0) is 15.8. The molecule has 0 aromatic carbocycles. The van der Waals surface area contributed by atoms with Crippen molar-refractivity contribution >= 4 is 11.2 Å². The summed E-state index contributed by atoms with van der Waals surface area (Å²) in [6, 6.07) is 7.99. The van der Waals surface area contributed by atoms with E-state index >= 15 is 0 Å². The average molecular weight is 304 g/mol. The van der Waals surface area contributed by atoms with Gasteiger partial charge in [0, 0.05) is 0 Å². The van der Waals surface area contributed by atoms with Gasteiger partial charge in [-0.3, -0.25) is 0 Å². The van der Waals surface area contributed by atoms with Crippen LogP contribution in [-0.2, 0) is 0 Å². The fraction of sp³-hybridized carbons (Fsp3) is 0.118. The number of fused-ring (bicyclic) bond motifs is 1. The van der Waals surface area contributed by atoms with Gasteiger partial charge in [-0.15, -0.1) is 0 Å². The lowest BCUT2D eigenvalue weighted by Crippen LogP contribution is -2.37. The Bertz CT molecular complexity index is 970. The van der Waals surface area contributed by atoms with Crippen molar-refractivity contribution in [2.45, 2.75) is 13.8 Å². The molecule has 0 bridgehead atoms. The van der Waals surface area contributed by atoms with E-state index in [1.165, 1.54) is 11.1 Å². The maximum atomic E-state index is 4.74. The minimum atomic E-state index is 0.590. The summed E-state index contributed by atoms with van der Waals surface area (Å²) in [5, 5.41) is 0. The summed E-state index contributed by atoms with van der Waals surface area (Å²) < 4.78 is 3.89. The van der Waals surface area contributed by atoms with Gasteiger partial charge in [0.1, 0.15) is 0 Å². The molecule has 0 spiro atoms. The van der Waals surface area contributed by atoms with Gasteiger partial charge in [-0.25, -0.2) is 14.1 Å². The number of imidazole rings is 1. The fourth-order valence-corrected chi connectivity index (χ4v) is 2.67. The molecule has 23 heavy (non-hydrogen) atoms. The topological polar surface area (TPSA) is 62.2 Å². The van der Waals surface area contributed by atoms with E-state index in [1.54, 1.807) is 6.33 Å². The number of aryl methyl sites for hydroxylation is 2. The first-order valence-electron chi connectivity index (χ1n) is 7.38. The maximum Gasteiger partial charge on any atom is 0.443 e. The number of nitrogens with zero attached hydrogens (tertiary/aromatic N) is 5. The zero-order valence-corrected chi connectivity index (χ0v) is 12.9. The van der Waals surface area contributed by atoms with E-state index in [0.29, 0.717) is 11.6 Å². The van der Waals surface area contributed by atoms with Gasteiger partial charge in [0.2, 0.25) is 0 Å². The molecule has 0 unspecified atom stereocenters. The van der Waals surface area contributed by atoms with Crippen LogP contribution in [-0.4, -0.2) is 19.9 Å². The van der Waals surface area contributed by atoms with Gasteiger partial charge < -0.3 is 4.98 Å². The van der Waals surface area contributed by atoms with Crippen LogP contribution in [0, 0.1) is 13.8 Å². The highest BCUT2D eigenvalue weighted by Gasteiger charge is 2.23. The molecule has 6 nitrogen and oxygen atoms in total. The Labute approximate surface area is 133 Å². The van der Waals surface area contributed by atoms with Crippen LogP contribution in [0.4, 0.5) is 0 Å². The lowest BCUT2D eigenvalue weighted by Gasteiger charge is -2.02. The Morgan fingerprint density at radius 3 is 2.39 bits per heavy atom. The number of nitrogens with one attached hydrogen (secondary N) is 1. The molecular weight excluding hydrogens is 288 g/mol. The van der Waals surface area contributed by atoms with E-state index in [-0.39, 0.29) is 0 Å². The lowest BCUT2D eigenvalue weighted by molar-refractivity contribution is -0.613. The largest absolute Gasteiger partial charge is 0.443 e. The van der Waals surface area contributed by atoms with Gasteiger partial charge in [-0.2, -0.15) is 0 Å². The third-order valence-corrected chi connectivity index (χ3v) is 3.59. The van der Waals surface area contributed by atoms with Gasteiger partial charge in [0.15, 0.2) is 5.52 Å².